The Kier molecular flexibility index (Phi) is 4.93. The Balaban J connectivity index is 1.44. The SMILES string of the molecule is CC1(C)Cc2c(-c3cccc(-c4cnc(N)c(C(=O)NC5CNCC5F)n4)c3)cnn2C1. The van der Waals surface area contributed by atoms with Gasteiger partial charge in [-0.15, -0.1) is 0 Å². The third-order valence-electron chi connectivity index (χ3n) is 6.11. The standard InChI is InChI=1S/C23H26FN7O/c1-23(2)7-19-15(8-28-31(19)12-23)13-4-3-5-14(6-13)17-11-27-21(25)20(29-17)22(32)30-18-10-26-9-16(18)24/h3-6,8,11,16,18,26H,7,9-10,12H2,1-2H3,(H2,25,27)(H,30,32). The molecule has 166 valence electrons. The first-order chi connectivity index (χ1) is 15.3. The summed E-state index contributed by atoms with van der Waals surface area (Å²) in [6.07, 6.45) is 3.27. The summed E-state index contributed by atoms with van der Waals surface area (Å²) in [6.45, 7) is 5.97. The smallest absolute Gasteiger partial charge is 0.274 e. The zero-order valence-electron chi connectivity index (χ0n) is 18.1. The van der Waals surface area contributed by atoms with E-state index in [9.17, 15) is 9.18 Å². The number of benzene rings is 1. The van der Waals surface area contributed by atoms with Gasteiger partial charge in [0.1, 0.15) is 6.17 Å². The molecule has 3 aromatic rings. The zero-order chi connectivity index (χ0) is 22.5. The van der Waals surface area contributed by atoms with Gasteiger partial charge in [0.05, 0.1) is 24.1 Å². The van der Waals surface area contributed by atoms with Crippen molar-refractivity contribution in [1.82, 2.24) is 30.4 Å². The van der Waals surface area contributed by atoms with Crippen molar-refractivity contribution in [2.24, 2.45) is 5.41 Å². The van der Waals surface area contributed by atoms with Crippen LogP contribution in [0.3, 0.4) is 0 Å². The lowest BCUT2D eigenvalue weighted by molar-refractivity contribution is 0.0920. The molecule has 0 saturated carbocycles. The van der Waals surface area contributed by atoms with Gasteiger partial charge in [0.2, 0.25) is 0 Å². The van der Waals surface area contributed by atoms with Crippen molar-refractivity contribution in [2.75, 3.05) is 18.8 Å². The van der Waals surface area contributed by atoms with Crippen molar-refractivity contribution in [2.45, 2.75) is 39.0 Å². The van der Waals surface area contributed by atoms with E-state index < -0.39 is 18.1 Å². The average molecular weight is 436 g/mol. The second-order valence-electron chi connectivity index (χ2n) is 9.33. The van der Waals surface area contributed by atoms with Crippen LogP contribution in [-0.4, -0.2) is 51.0 Å². The normalized spacial score (nSPS) is 21.5. The van der Waals surface area contributed by atoms with E-state index in [2.05, 4.69) is 44.2 Å². The van der Waals surface area contributed by atoms with Crippen molar-refractivity contribution in [1.29, 1.82) is 0 Å². The summed E-state index contributed by atoms with van der Waals surface area (Å²) in [5.41, 5.74) is 10.8. The van der Waals surface area contributed by atoms with Gasteiger partial charge >= 0.3 is 0 Å². The molecule has 5 rings (SSSR count). The molecule has 2 aliphatic heterocycles. The van der Waals surface area contributed by atoms with Crippen molar-refractivity contribution in [3.63, 3.8) is 0 Å². The number of rotatable bonds is 4. The number of carbonyl (C=O) groups excluding carboxylic acids is 1. The highest BCUT2D eigenvalue weighted by atomic mass is 19.1. The van der Waals surface area contributed by atoms with Crippen LogP contribution in [0.25, 0.3) is 22.4 Å². The molecule has 1 aromatic carbocycles. The first kappa shape index (κ1) is 20.6. The predicted octanol–water partition coefficient (Wildman–Crippen LogP) is 2.21. The number of halogens is 1. The Morgan fingerprint density at radius 3 is 2.88 bits per heavy atom. The Bertz CT molecular complexity index is 1190. The van der Waals surface area contributed by atoms with Crippen LogP contribution in [0.2, 0.25) is 0 Å². The van der Waals surface area contributed by atoms with E-state index in [0.717, 1.165) is 29.7 Å². The molecule has 1 amide bonds. The van der Waals surface area contributed by atoms with E-state index in [1.807, 2.05) is 30.5 Å². The van der Waals surface area contributed by atoms with E-state index in [4.69, 9.17) is 5.73 Å². The quantitative estimate of drug-likeness (QED) is 0.580. The molecule has 8 nitrogen and oxygen atoms in total. The molecule has 4 N–H and O–H groups in total. The van der Waals surface area contributed by atoms with Gasteiger partial charge in [-0.2, -0.15) is 5.10 Å². The molecule has 32 heavy (non-hydrogen) atoms. The molecule has 1 saturated heterocycles. The number of fused-ring (bicyclic) bond motifs is 1. The van der Waals surface area contributed by atoms with Gasteiger partial charge in [-0.05, 0) is 23.5 Å². The molecule has 2 unspecified atom stereocenters. The van der Waals surface area contributed by atoms with E-state index >= 15 is 0 Å². The molecular formula is C23H26FN7O. The molecule has 4 heterocycles. The molecule has 1 fully saturated rings. The van der Waals surface area contributed by atoms with Crippen molar-refractivity contribution in [3.8, 4) is 22.4 Å². The summed E-state index contributed by atoms with van der Waals surface area (Å²) < 4.78 is 16.0. The fourth-order valence-corrected chi connectivity index (χ4v) is 4.46. The minimum absolute atomic E-state index is 0.000164. The Hall–Kier alpha value is -3.33. The topological polar surface area (TPSA) is 111 Å². The Morgan fingerprint density at radius 1 is 1.28 bits per heavy atom. The number of nitrogens with two attached hydrogens (primary N) is 1. The van der Waals surface area contributed by atoms with E-state index in [1.54, 1.807) is 6.20 Å². The van der Waals surface area contributed by atoms with Crippen LogP contribution >= 0.6 is 0 Å². The highest BCUT2D eigenvalue weighted by molar-refractivity contribution is 5.97. The van der Waals surface area contributed by atoms with Gasteiger partial charge in [-0.1, -0.05) is 32.0 Å². The molecule has 2 aromatic heterocycles. The number of amides is 1. The summed E-state index contributed by atoms with van der Waals surface area (Å²) in [7, 11) is 0. The predicted molar refractivity (Wildman–Crippen MR) is 120 cm³/mol. The number of nitrogen functional groups attached to an aromatic ring is 1. The average Bonchev–Trinajstić information content (AvgIpc) is 3.42. The zero-order valence-corrected chi connectivity index (χ0v) is 18.1. The van der Waals surface area contributed by atoms with E-state index in [0.29, 0.717) is 12.2 Å². The second kappa shape index (κ2) is 7.67. The van der Waals surface area contributed by atoms with Crippen molar-refractivity contribution in [3.05, 3.63) is 48.0 Å². The second-order valence-corrected chi connectivity index (χ2v) is 9.33. The number of nitrogens with one attached hydrogen (secondary N) is 2. The molecule has 0 bridgehead atoms. The Morgan fingerprint density at radius 2 is 2.09 bits per heavy atom. The van der Waals surface area contributed by atoms with Crippen molar-refractivity contribution < 1.29 is 9.18 Å². The first-order valence-electron chi connectivity index (χ1n) is 10.7. The molecule has 2 aliphatic rings. The van der Waals surface area contributed by atoms with Crippen LogP contribution in [0.5, 0.6) is 0 Å². The number of alkyl halides is 1. The van der Waals surface area contributed by atoms with Crippen molar-refractivity contribution >= 4 is 11.7 Å². The molecule has 2 atom stereocenters. The van der Waals surface area contributed by atoms with Crippen LogP contribution in [-0.2, 0) is 13.0 Å². The number of carbonyl (C=O) groups is 1. The lowest BCUT2D eigenvalue weighted by Gasteiger charge is -2.15. The van der Waals surface area contributed by atoms with Gasteiger partial charge in [0.25, 0.3) is 5.91 Å². The maximum absolute atomic E-state index is 13.9. The molecule has 0 radical (unpaired) electrons. The monoisotopic (exact) mass is 435 g/mol. The molecule has 0 spiro atoms. The summed E-state index contributed by atoms with van der Waals surface area (Å²) >= 11 is 0. The van der Waals surface area contributed by atoms with Crippen LogP contribution in [0.1, 0.15) is 30.0 Å². The summed E-state index contributed by atoms with van der Waals surface area (Å²) in [5.74, 6) is -0.513. The van der Waals surface area contributed by atoms with Gasteiger partial charge in [-0.3, -0.25) is 9.48 Å². The minimum Gasteiger partial charge on any atom is -0.382 e. The van der Waals surface area contributed by atoms with E-state index in [1.165, 1.54) is 5.69 Å². The Labute approximate surface area is 185 Å². The first-order valence-corrected chi connectivity index (χ1v) is 10.7. The van der Waals surface area contributed by atoms with Crippen LogP contribution in [0.15, 0.2) is 36.7 Å². The van der Waals surface area contributed by atoms with Gasteiger partial charge in [0, 0.05) is 36.5 Å². The van der Waals surface area contributed by atoms with Crippen LogP contribution in [0, 0.1) is 5.41 Å². The van der Waals surface area contributed by atoms with Gasteiger partial charge in [-0.25, -0.2) is 14.4 Å². The largest absolute Gasteiger partial charge is 0.382 e. The van der Waals surface area contributed by atoms with Crippen LogP contribution < -0.4 is 16.4 Å². The number of hydrogen-bond donors (Lipinski definition) is 3. The van der Waals surface area contributed by atoms with Gasteiger partial charge in [0.15, 0.2) is 11.5 Å². The molecule has 0 aliphatic carbocycles. The summed E-state index contributed by atoms with van der Waals surface area (Å²) in [5, 5.41) is 10.1. The third kappa shape index (κ3) is 3.73. The maximum atomic E-state index is 13.9. The lowest BCUT2D eigenvalue weighted by Crippen LogP contribution is -2.41. The van der Waals surface area contributed by atoms with Crippen LogP contribution in [0.4, 0.5) is 10.2 Å². The maximum Gasteiger partial charge on any atom is 0.274 e. The third-order valence-corrected chi connectivity index (χ3v) is 6.11. The minimum atomic E-state index is -1.14. The number of anilines is 1. The van der Waals surface area contributed by atoms with Gasteiger partial charge < -0.3 is 16.4 Å². The summed E-state index contributed by atoms with van der Waals surface area (Å²) in [4.78, 5) is 21.3. The molecular weight excluding hydrogens is 409 g/mol. The lowest BCUT2D eigenvalue weighted by atomic mass is 9.89. The highest BCUT2D eigenvalue weighted by Gasteiger charge is 2.32. The number of aromatic nitrogens is 4. The number of hydrogen-bond acceptors (Lipinski definition) is 6. The molecule has 9 heteroatoms. The fourth-order valence-electron chi connectivity index (χ4n) is 4.46. The highest BCUT2D eigenvalue weighted by Crippen LogP contribution is 2.37. The van der Waals surface area contributed by atoms with E-state index in [-0.39, 0.29) is 23.5 Å². The summed E-state index contributed by atoms with van der Waals surface area (Å²) in [6, 6.07) is 7.31. The fraction of sp³-hybridized carbons (Fsp3) is 0.391. The number of nitrogens with zero attached hydrogens (tertiary/aromatic N) is 4.